The Bertz CT molecular complexity index is 408. The number of aliphatic hydroxyl groups is 1. The van der Waals surface area contributed by atoms with Crippen molar-refractivity contribution in [2.75, 3.05) is 11.4 Å². The zero-order valence-electron chi connectivity index (χ0n) is 9.37. The molecule has 1 aromatic rings. The van der Waals surface area contributed by atoms with Crippen LogP contribution in [-0.4, -0.2) is 23.3 Å². The van der Waals surface area contributed by atoms with Crippen molar-refractivity contribution in [2.24, 2.45) is 0 Å². The molecule has 0 radical (unpaired) electrons. The standard InChI is InChI=1S/C12H15ClFNO/c1-12(2)11(16)5-6-15(12)8-3-4-10(14)9(13)7-8/h3-4,7,11,16H,5-6H2,1-2H3. The van der Waals surface area contributed by atoms with E-state index in [4.69, 9.17) is 11.6 Å². The van der Waals surface area contributed by atoms with Gasteiger partial charge in [0.2, 0.25) is 0 Å². The van der Waals surface area contributed by atoms with Crippen molar-refractivity contribution in [1.82, 2.24) is 0 Å². The average Bonchev–Trinajstić information content (AvgIpc) is 2.47. The molecule has 0 spiro atoms. The minimum atomic E-state index is -0.414. The molecular formula is C12H15ClFNO. The van der Waals surface area contributed by atoms with Crippen LogP contribution in [0.4, 0.5) is 10.1 Å². The number of benzene rings is 1. The van der Waals surface area contributed by atoms with Crippen molar-refractivity contribution in [2.45, 2.75) is 31.9 Å². The molecule has 0 aromatic heterocycles. The highest BCUT2D eigenvalue weighted by molar-refractivity contribution is 6.31. The van der Waals surface area contributed by atoms with Crippen molar-refractivity contribution in [3.05, 3.63) is 29.0 Å². The van der Waals surface area contributed by atoms with Crippen LogP contribution in [0.3, 0.4) is 0 Å². The highest BCUT2D eigenvalue weighted by Gasteiger charge is 2.40. The van der Waals surface area contributed by atoms with Gasteiger partial charge in [0.05, 0.1) is 16.7 Å². The summed E-state index contributed by atoms with van der Waals surface area (Å²) in [6.07, 6.45) is 0.360. The van der Waals surface area contributed by atoms with Crippen LogP contribution in [0.5, 0.6) is 0 Å². The molecule has 1 unspecified atom stereocenters. The molecule has 1 N–H and O–H groups in total. The van der Waals surface area contributed by atoms with Crippen LogP contribution in [0.15, 0.2) is 18.2 Å². The van der Waals surface area contributed by atoms with E-state index in [9.17, 15) is 9.50 Å². The topological polar surface area (TPSA) is 23.5 Å². The second-order valence-electron chi connectivity index (χ2n) is 4.71. The van der Waals surface area contributed by atoms with E-state index < -0.39 is 5.82 Å². The third-order valence-electron chi connectivity index (χ3n) is 3.35. The quantitative estimate of drug-likeness (QED) is 0.820. The normalized spacial score (nSPS) is 23.8. The van der Waals surface area contributed by atoms with E-state index in [0.29, 0.717) is 0 Å². The molecule has 4 heteroatoms. The number of aliphatic hydroxyl groups excluding tert-OH is 1. The first-order valence-electron chi connectivity index (χ1n) is 5.33. The number of halogens is 2. The van der Waals surface area contributed by atoms with E-state index >= 15 is 0 Å². The summed E-state index contributed by atoms with van der Waals surface area (Å²) >= 11 is 5.76. The number of hydrogen-bond donors (Lipinski definition) is 1. The zero-order valence-corrected chi connectivity index (χ0v) is 10.1. The number of nitrogens with zero attached hydrogens (tertiary/aromatic N) is 1. The molecule has 1 aliphatic heterocycles. The lowest BCUT2D eigenvalue weighted by Gasteiger charge is -2.35. The zero-order chi connectivity index (χ0) is 11.9. The summed E-state index contributed by atoms with van der Waals surface area (Å²) in [6.45, 7) is 4.71. The molecule has 16 heavy (non-hydrogen) atoms. The van der Waals surface area contributed by atoms with E-state index in [1.54, 1.807) is 12.1 Å². The van der Waals surface area contributed by atoms with Gasteiger partial charge in [0.25, 0.3) is 0 Å². The van der Waals surface area contributed by atoms with Crippen LogP contribution in [0.2, 0.25) is 5.02 Å². The van der Waals surface area contributed by atoms with E-state index in [-0.39, 0.29) is 16.7 Å². The van der Waals surface area contributed by atoms with Crippen LogP contribution >= 0.6 is 11.6 Å². The van der Waals surface area contributed by atoms with Gasteiger partial charge in [-0.15, -0.1) is 0 Å². The van der Waals surface area contributed by atoms with Crippen molar-refractivity contribution in [1.29, 1.82) is 0 Å². The lowest BCUT2D eigenvalue weighted by atomic mass is 9.98. The molecule has 0 amide bonds. The maximum Gasteiger partial charge on any atom is 0.141 e. The summed E-state index contributed by atoms with van der Waals surface area (Å²) in [6, 6.07) is 4.66. The molecule has 0 aliphatic carbocycles. The maximum absolute atomic E-state index is 13.1. The third-order valence-corrected chi connectivity index (χ3v) is 3.64. The molecular weight excluding hydrogens is 229 g/mol. The summed E-state index contributed by atoms with van der Waals surface area (Å²) < 4.78 is 13.1. The molecule has 1 atom stereocenters. The summed E-state index contributed by atoms with van der Waals surface area (Å²) in [5, 5.41) is 9.98. The first kappa shape index (κ1) is 11.7. The van der Waals surface area contributed by atoms with Gasteiger partial charge in [0.1, 0.15) is 5.82 Å². The first-order chi connectivity index (χ1) is 7.43. The van der Waals surface area contributed by atoms with Gasteiger partial charge in [-0.05, 0) is 38.5 Å². The Hall–Kier alpha value is -0.800. The van der Waals surface area contributed by atoms with Gasteiger partial charge in [-0.25, -0.2) is 4.39 Å². The fourth-order valence-corrected chi connectivity index (χ4v) is 2.36. The van der Waals surface area contributed by atoms with Crippen LogP contribution in [0, 0.1) is 5.82 Å². The molecule has 1 fully saturated rings. The first-order valence-corrected chi connectivity index (χ1v) is 5.71. The van der Waals surface area contributed by atoms with E-state index in [1.165, 1.54) is 6.07 Å². The minimum absolute atomic E-state index is 0.120. The van der Waals surface area contributed by atoms with Gasteiger partial charge in [0, 0.05) is 12.2 Å². The van der Waals surface area contributed by atoms with Gasteiger partial charge in [0.15, 0.2) is 0 Å². The number of rotatable bonds is 1. The van der Waals surface area contributed by atoms with E-state index in [0.717, 1.165) is 18.7 Å². The molecule has 88 valence electrons. The van der Waals surface area contributed by atoms with Crippen LogP contribution < -0.4 is 4.90 Å². The molecule has 1 saturated heterocycles. The predicted octanol–water partition coefficient (Wildman–Crippen LogP) is 2.83. The Kier molecular flexibility index (Phi) is 2.84. The average molecular weight is 244 g/mol. The van der Waals surface area contributed by atoms with Gasteiger partial charge >= 0.3 is 0 Å². The van der Waals surface area contributed by atoms with E-state index in [1.807, 2.05) is 13.8 Å². The summed E-state index contributed by atoms with van der Waals surface area (Å²) in [7, 11) is 0. The second-order valence-corrected chi connectivity index (χ2v) is 5.12. The number of hydrogen-bond acceptors (Lipinski definition) is 2. The van der Waals surface area contributed by atoms with Crippen molar-refractivity contribution < 1.29 is 9.50 Å². The summed E-state index contributed by atoms with van der Waals surface area (Å²) in [5.74, 6) is -0.414. The van der Waals surface area contributed by atoms with Crippen molar-refractivity contribution in [3.63, 3.8) is 0 Å². The molecule has 2 rings (SSSR count). The van der Waals surface area contributed by atoms with Crippen molar-refractivity contribution >= 4 is 17.3 Å². The Morgan fingerprint density at radius 2 is 2.19 bits per heavy atom. The summed E-state index contributed by atoms with van der Waals surface area (Å²) in [5.41, 5.74) is 0.522. The van der Waals surface area contributed by atoms with Gasteiger partial charge < -0.3 is 10.0 Å². The Morgan fingerprint density at radius 3 is 2.69 bits per heavy atom. The molecule has 1 heterocycles. The van der Waals surface area contributed by atoms with Crippen LogP contribution in [-0.2, 0) is 0 Å². The fourth-order valence-electron chi connectivity index (χ4n) is 2.19. The molecule has 2 nitrogen and oxygen atoms in total. The highest BCUT2D eigenvalue weighted by atomic mass is 35.5. The smallest absolute Gasteiger partial charge is 0.141 e. The maximum atomic E-state index is 13.1. The summed E-state index contributed by atoms with van der Waals surface area (Å²) in [4.78, 5) is 2.06. The van der Waals surface area contributed by atoms with Gasteiger partial charge in [-0.1, -0.05) is 11.6 Å². The minimum Gasteiger partial charge on any atom is -0.391 e. The monoisotopic (exact) mass is 243 g/mol. The molecule has 0 saturated carbocycles. The fraction of sp³-hybridized carbons (Fsp3) is 0.500. The van der Waals surface area contributed by atoms with Gasteiger partial charge in [-0.2, -0.15) is 0 Å². The third kappa shape index (κ3) is 1.78. The Morgan fingerprint density at radius 1 is 1.50 bits per heavy atom. The lowest BCUT2D eigenvalue weighted by molar-refractivity contribution is 0.127. The van der Waals surface area contributed by atoms with Crippen LogP contribution in [0.25, 0.3) is 0 Å². The molecule has 0 bridgehead atoms. The SMILES string of the molecule is CC1(C)C(O)CCN1c1ccc(F)c(Cl)c1. The lowest BCUT2D eigenvalue weighted by Crippen LogP contribution is -2.45. The molecule has 1 aromatic carbocycles. The second kappa shape index (κ2) is 3.90. The number of anilines is 1. The van der Waals surface area contributed by atoms with Crippen LogP contribution in [0.1, 0.15) is 20.3 Å². The Balaban J connectivity index is 2.35. The van der Waals surface area contributed by atoms with Gasteiger partial charge in [-0.3, -0.25) is 0 Å². The highest BCUT2D eigenvalue weighted by Crippen LogP contribution is 2.35. The van der Waals surface area contributed by atoms with Crippen molar-refractivity contribution in [3.8, 4) is 0 Å². The van der Waals surface area contributed by atoms with E-state index in [2.05, 4.69) is 4.90 Å². The Labute approximate surface area is 99.6 Å². The largest absolute Gasteiger partial charge is 0.391 e. The predicted molar refractivity (Wildman–Crippen MR) is 63.5 cm³/mol. The molecule has 1 aliphatic rings.